The fourth-order valence-electron chi connectivity index (χ4n) is 1.41. The molecule has 1 aromatic rings. The van der Waals surface area contributed by atoms with Gasteiger partial charge >= 0.3 is 10.4 Å². The van der Waals surface area contributed by atoms with Crippen LogP contribution in [0.1, 0.15) is 5.56 Å². The minimum absolute atomic E-state index is 0.104. The molecule has 0 radical (unpaired) electrons. The fraction of sp³-hybridized carbons (Fsp3) is 0. The molecule has 0 unspecified atom stereocenters. The highest BCUT2D eigenvalue weighted by molar-refractivity contribution is 7.82. The Hall–Kier alpha value is -1.89. The van der Waals surface area contributed by atoms with E-state index in [2.05, 4.69) is 14.9 Å². The van der Waals surface area contributed by atoms with Gasteiger partial charge in [-0.3, -0.25) is 0 Å². The van der Waals surface area contributed by atoms with E-state index in [9.17, 15) is 13.5 Å². The Morgan fingerprint density at radius 3 is 2.47 bits per heavy atom. The normalized spacial score (nSPS) is 17.9. The molecule has 0 spiro atoms. The zero-order valence-corrected chi connectivity index (χ0v) is 8.00. The molecule has 15 heavy (non-hydrogen) atoms. The molecule has 0 fully saturated rings. The molecule has 0 amide bonds. The number of phenols is 1. The van der Waals surface area contributed by atoms with E-state index in [1.807, 2.05) is 0 Å². The average molecular weight is 228 g/mol. The second-order valence-electron chi connectivity index (χ2n) is 2.96. The molecule has 6 nitrogen and oxygen atoms in total. The highest BCUT2D eigenvalue weighted by Gasteiger charge is 2.44. The molecule has 1 N–H and O–H groups in total. The van der Waals surface area contributed by atoms with Crippen LogP contribution in [0.25, 0.3) is 6.08 Å². The minimum atomic E-state index is -4.12. The predicted octanol–water partition coefficient (Wildman–Crippen LogP) is 1.16. The summed E-state index contributed by atoms with van der Waals surface area (Å²) < 4.78 is 35.9. The zero-order valence-electron chi connectivity index (χ0n) is 7.18. The van der Waals surface area contributed by atoms with Gasteiger partial charge in [0.2, 0.25) is 17.2 Å². The van der Waals surface area contributed by atoms with E-state index in [0.717, 1.165) is 0 Å². The van der Waals surface area contributed by atoms with Crippen molar-refractivity contribution in [3.63, 3.8) is 0 Å². The van der Waals surface area contributed by atoms with Gasteiger partial charge in [0.05, 0.1) is 5.56 Å². The van der Waals surface area contributed by atoms with Gasteiger partial charge in [-0.25, -0.2) is 0 Å². The van der Waals surface area contributed by atoms with Gasteiger partial charge in [-0.05, 0) is 0 Å². The van der Waals surface area contributed by atoms with Crippen LogP contribution >= 0.6 is 0 Å². The van der Waals surface area contributed by atoms with Crippen molar-refractivity contribution in [1.82, 2.24) is 0 Å². The number of fused-ring (bicyclic) bond motifs is 3. The summed E-state index contributed by atoms with van der Waals surface area (Å²) in [6.07, 6.45) is 1.34. The molecule has 78 valence electrons. The van der Waals surface area contributed by atoms with Crippen molar-refractivity contribution in [2.75, 3.05) is 0 Å². The lowest BCUT2D eigenvalue weighted by Crippen LogP contribution is -2.08. The largest absolute Gasteiger partial charge is 0.504 e. The monoisotopic (exact) mass is 228 g/mol. The topological polar surface area (TPSA) is 85.4 Å². The molecule has 0 saturated heterocycles. The van der Waals surface area contributed by atoms with Crippen LogP contribution in [-0.4, -0.2) is 13.5 Å². The number of ether oxygens (including phenoxy) is 1. The van der Waals surface area contributed by atoms with E-state index in [1.165, 1.54) is 6.08 Å². The van der Waals surface area contributed by atoms with Crippen molar-refractivity contribution < 1.29 is 26.6 Å². The van der Waals surface area contributed by atoms with Gasteiger partial charge in [0.15, 0.2) is 11.5 Å². The number of rotatable bonds is 1. The molecule has 2 aliphatic heterocycles. The number of hydrogen-bond acceptors (Lipinski definition) is 6. The Morgan fingerprint density at radius 2 is 1.80 bits per heavy atom. The summed E-state index contributed by atoms with van der Waals surface area (Å²) >= 11 is 0. The predicted molar refractivity (Wildman–Crippen MR) is 48.4 cm³/mol. The van der Waals surface area contributed by atoms with Gasteiger partial charge < -0.3 is 18.2 Å². The second-order valence-corrected chi connectivity index (χ2v) is 4.11. The highest BCUT2D eigenvalue weighted by atomic mass is 32.3. The summed E-state index contributed by atoms with van der Waals surface area (Å²) in [5, 5.41) is 9.64. The summed E-state index contributed by atoms with van der Waals surface area (Å²) in [5.74, 6) is -0.0766. The maximum Gasteiger partial charge on any atom is 0.501 e. The third-order valence-electron chi connectivity index (χ3n) is 2.07. The van der Waals surface area contributed by atoms with Crippen molar-refractivity contribution in [2.24, 2.45) is 0 Å². The van der Waals surface area contributed by atoms with E-state index in [4.69, 9.17) is 4.74 Å². The molecule has 0 aromatic heterocycles. The Balaban J connectivity index is 2.33. The lowest BCUT2D eigenvalue weighted by Gasteiger charge is -1.96. The van der Waals surface area contributed by atoms with Gasteiger partial charge in [-0.15, -0.1) is 8.42 Å². The second kappa shape index (κ2) is 2.19. The molecule has 2 aliphatic rings. The van der Waals surface area contributed by atoms with E-state index in [-0.39, 0.29) is 23.0 Å². The first-order chi connectivity index (χ1) is 7.03. The van der Waals surface area contributed by atoms with Crippen LogP contribution in [0.3, 0.4) is 0 Å². The summed E-state index contributed by atoms with van der Waals surface area (Å²) in [7, 11) is -4.12. The molecule has 0 aliphatic carbocycles. The molecule has 0 atom stereocenters. The zero-order chi connectivity index (χ0) is 10.8. The minimum Gasteiger partial charge on any atom is -0.504 e. The standard InChI is InChI=1S/C8H4O6S/c1-2-3-4(9)6-8(7-5(3)12-7)14-15(10,11)13-6/h2,9H,1H2. The summed E-state index contributed by atoms with van der Waals surface area (Å²) in [4.78, 5) is 0. The van der Waals surface area contributed by atoms with Crippen molar-refractivity contribution in [3.05, 3.63) is 12.1 Å². The van der Waals surface area contributed by atoms with E-state index in [1.54, 1.807) is 0 Å². The molecular weight excluding hydrogens is 224 g/mol. The first-order valence-electron chi connectivity index (χ1n) is 3.90. The van der Waals surface area contributed by atoms with Crippen molar-refractivity contribution in [3.8, 4) is 28.7 Å². The van der Waals surface area contributed by atoms with Gasteiger partial charge in [0.25, 0.3) is 0 Å². The molecule has 2 heterocycles. The molecule has 3 rings (SSSR count). The van der Waals surface area contributed by atoms with E-state index in [0.29, 0.717) is 11.3 Å². The Bertz CT molecular complexity index is 600. The van der Waals surface area contributed by atoms with Crippen LogP contribution in [0, 0.1) is 0 Å². The maximum atomic E-state index is 11.0. The molecule has 1 aromatic carbocycles. The quantitative estimate of drug-likeness (QED) is 0.737. The summed E-state index contributed by atoms with van der Waals surface area (Å²) in [6.45, 7) is 3.46. The Morgan fingerprint density at radius 1 is 1.13 bits per heavy atom. The molecule has 7 heteroatoms. The third kappa shape index (κ3) is 0.949. The molecule has 0 bridgehead atoms. The van der Waals surface area contributed by atoms with Crippen molar-refractivity contribution in [2.45, 2.75) is 0 Å². The first-order valence-corrected chi connectivity index (χ1v) is 5.24. The number of hydrogen-bond donors (Lipinski definition) is 1. The molecule has 0 saturated carbocycles. The smallest absolute Gasteiger partial charge is 0.501 e. The van der Waals surface area contributed by atoms with Gasteiger partial charge in [-0.2, -0.15) is 0 Å². The molecular formula is C8H4O6S. The highest BCUT2D eigenvalue weighted by Crippen LogP contribution is 2.65. The van der Waals surface area contributed by atoms with Gasteiger partial charge in [0, 0.05) is 0 Å². The van der Waals surface area contributed by atoms with Crippen LogP contribution in [-0.2, 0) is 10.4 Å². The summed E-state index contributed by atoms with van der Waals surface area (Å²) in [5.41, 5.74) is 0.296. The van der Waals surface area contributed by atoms with Crippen LogP contribution in [0.2, 0.25) is 0 Å². The van der Waals surface area contributed by atoms with Gasteiger partial charge in [0.1, 0.15) is 0 Å². The van der Waals surface area contributed by atoms with Crippen LogP contribution < -0.4 is 13.1 Å². The lowest BCUT2D eigenvalue weighted by molar-refractivity contribution is 0.417. The maximum absolute atomic E-state index is 11.0. The Kier molecular flexibility index (Phi) is 1.23. The van der Waals surface area contributed by atoms with E-state index >= 15 is 0 Å². The first kappa shape index (κ1) is 8.42. The number of benzene rings is 1. The van der Waals surface area contributed by atoms with Crippen molar-refractivity contribution >= 4 is 16.5 Å². The fourth-order valence-corrected chi connectivity index (χ4v) is 2.16. The average Bonchev–Trinajstić information content (AvgIpc) is 2.85. The Labute approximate surface area is 84.6 Å². The summed E-state index contributed by atoms with van der Waals surface area (Å²) in [6, 6.07) is 0. The van der Waals surface area contributed by atoms with Crippen LogP contribution in [0.5, 0.6) is 28.7 Å². The SMILES string of the molecule is C=Cc1c(O)c2c(c3c1O3)OS(=O)(=O)O2. The third-order valence-corrected chi connectivity index (χ3v) is 2.81. The van der Waals surface area contributed by atoms with Crippen LogP contribution in [0.15, 0.2) is 6.58 Å². The number of aromatic hydroxyl groups is 1. The number of phenolic OH excluding ortho intramolecular Hbond substituents is 1. The van der Waals surface area contributed by atoms with Gasteiger partial charge in [-0.1, -0.05) is 12.7 Å². The lowest BCUT2D eigenvalue weighted by atomic mass is 10.2. The van der Waals surface area contributed by atoms with Crippen LogP contribution in [0.4, 0.5) is 0 Å². The van der Waals surface area contributed by atoms with Crippen molar-refractivity contribution in [1.29, 1.82) is 0 Å². The van der Waals surface area contributed by atoms with E-state index < -0.39 is 10.4 Å².